The average molecular weight is 295 g/mol. The highest BCUT2D eigenvalue weighted by atomic mass is 19.1. The van der Waals surface area contributed by atoms with E-state index in [0.29, 0.717) is 13.0 Å². The fourth-order valence-corrected chi connectivity index (χ4v) is 2.08. The number of ketones is 1. The molecule has 0 spiro atoms. The molecule has 0 bridgehead atoms. The number of carbonyl (C=O) groups is 2. The first-order valence-corrected chi connectivity index (χ1v) is 7.12. The highest BCUT2D eigenvalue weighted by molar-refractivity contribution is 5.83. The van der Waals surface area contributed by atoms with Gasteiger partial charge < -0.3 is 14.8 Å². The number of carbonyl (C=O) groups excluding carboxylic acids is 2. The summed E-state index contributed by atoms with van der Waals surface area (Å²) >= 11 is 0. The fourth-order valence-electron chi connectivity index (χ4n) is 2.08. The Morgan fingerprint density at radius 3 is 2.33 bits per heavy atom. The Balaban J connectivity index is 2.83. The highest BCUT2D eigenvalue weighted by Gasteiger charge is 2.22. The molecule has 5 heteroatoms. The average Bonchev–Trinajstić information content (AvgIpc) is 2.47. The van der Waals surface area contributed by atoms with E-state index in [1.807, 2.05) is 6.92 Å². The first-order chi connectivity index (χ1) is 9.97. The van der Waals surface area contributed by atoms with Crippen LogP contribution in [0.5, 0.6) is 0 Å². The van der Waals surface area contributed by atoms with Crippen LogP contribution in [-0.2, 0) is 16.1 Å². The molecule has 0 aromatic heterocycles. The third-order valence-electron chi connectivity index (χ3n) is 3.40. The first-order valence-electron chi connectivity index (χ1n) is 7.12. The lowest BCUT2D eigenvalue weighted by atomic mass is 10.1. The van der Waals surface area contributed by atoms with Crippen molar-refractivity contribution < 1.29 is 19.1 Å². The Labute approximate surface area is 124 Å². The zero-order chi connectivity index (χ0) is 15.8. The van der Waals surface area contributed by atoms with Crippen molar-refractivity contribution in [3.63, 3.8) is 0 Å². The molecule has 0 aliphatic rings. The third-order valence-corrected chi connectivity index (χ3v) is 3.40. The molecule has 1 atom stereocenters. The first kappa shape index (κ1) is 17.3. The fraction of sp³-hybridized carbons (Fsp3) is 0.500. The number of nitrogens with zero attached hydrogens (tertiary/aromatic N) is 1. The van der Waals surface area contributed by atoms with Crippen LogP contribution in [0.25, 0.3) is 0 Å². The lowest BCUT2D eigenvalue weighted by Crippen LogP contribution is -2.41. The van der Waals surface area contributed by atoms with Crippen LogP contribution < -0.4 is 0 Å². The smallest absolute Gasteiger partial charge is 0.223 e. The normalized spacial score (nSPS) is 12.0. The Morgan fingerprint density at radius 1 is 1.24 bits per heavy atom. The number of benzene rings is 1. The van der Waals surface area contributed by atoms with Gasteiger partial charge in [-0.3, -0.25) is 4.79 Å². The molecule has 1 aromatic carbocycles. The molecular weight excluding hydrogens is 273 g/mol. The van der Waals surface area contributed by atoms with Crippen molar-refractivity contribution >= 4 is 11.7 Å². The maximum atomic E-state index is 12.9. The van der Waals surface area contributed by atoms with E-state index < -0.39 is 0 Å². The van der Waals surface area contributed by atoms with E-state index in [2.05, 4.69) is 0 Å². The molecular formula is C16H22FNO3. The van der Waals surface area contributed by atoms with Crippen LogP contribution in [0.3, 0.4) is 0 Å². The lowest BCUT2D eigenvalue weighted by molar-refractivity contribution is -0.136. The van der Waals surface area contributed by atoms with Gasteiger partial charge in [0, 0.05) is 19.4 Å². The van der Waals surface area contributed by atoms with Gasteiger partial charge in [-0.15, -0.1) is 0 Å². The minimum absolute atomic E-state index is 0.0397. The monoisotopic (exact) mass is 295 g/mol. The van der Waals surface area contributed by atoms with E-state index >= 15 is 0 Å². The number of hydrogen-bond acceptors (Lipinski definition) is 3. The second-order valence-corrected chi connectivity index (χ2v) is 5.09. The second-order valence-electron chi connectivity index (χ2n) is 5.09. The van der Waals surface area contributed by atoms with Crippen LogP contribution in [0.15, 0.2) is 24.3 Å². The Morgan fingerprint density at radius 2 is 1.86 bits per heavy atom. The van der Waals surface area contributed by atoms with Crippen molar-refractivity contribution in [2.45, 2.75) is 45.7 Å². The number of rotatable bonds is 8. The van der Waals surface area contributed by atoms with Crippen molar-refractivity contribution in [2.75, 3.05) is 6.61 Å². The van der Waals surface area contributed by atoms with Crippen molar-refractivity contribution in [3.05, 3.63) is 35.6 Å². The summed E-state index contributed by atoms with van der Waals surface area (Å²) in [6, 6.07) is 5.62. The van der Waals surface area contributed by atoms with Gasteiger partial charge in [-0.05, 0) is 31.0 Å². The summed E-state index contributed by atoms with van der Waals surface area (Å²) in [5.74, 6) is -0.542. The maximum Gasteiger partial charge on any atom is 0.223 e. The van der Waals surface area contributed by atoms with E-state index in [1.54, 1.807) is 17.0 Å². The van der Waals surface area contributed by atoms with Crippen LogP contribution in [-0.4, -0.2) is 34.3 Å². The second kappa shape index (κ2) is 8.52. The van der Waals surface area contributed by atoms with E-state index in [-0.39, 0.29) is 43.0 Å². The molecule has 1 rings (SSSR count). The summed E-state index contributed by atoms with van der Waals surface area (Å²) in [5.41, 5.74) is 0.791. The molecule has 21 heavy (non-hydrogen) atoms. The van der Waals surface area contributed by atoms with E-state index in [4.69, 9.17) is 0 Å². The van der Waals surface area contributed by atoms with Gasteiger partial charge >= 0.3 is 0 Å². The molecule has 1 aromatic rings. The Kier molecular flexibility index (Phi) is 7.02. The van der Waals surface area contributed by atoms with Crippen molar-refractivity contribution in [1.82, 2.24) is 4.90 Å². The lowest BCUT2D eigenvalue weighted by Gasteiger charge is -2.30. The summed E-state index contributed by atoms with van der Waals surface area (Å²) in [4.78, 5) is 24.8. The zero-order valence-electron chi connectivity index (χ0n) is 12.5. The summed E-state index contributed by atoms with van der Waals surface area (Å²) in [6.07, 6.45) is 0.942. The minimum Gasteiger partial charge on any atom is -0.394 e. The van der Waals surface area contributed by atoms with Crippen molar-refractivity contribution in [3.8, 4) is 0 Å². The Bertz CT molecular complexity index is 469. The highest BCUT2D eigenvalue weighted by Crippen LogP contribution is 2.14. The third kappa shape index (κ3) is 5.63. The molecule has 0 aliphatic heterocycles. The molecule has 0 saturated heterocycles. The molecule has 0 aliphatic carbocycles. The molecule has 4 nitrogen and oxygen atoms in total. The summed E-state index contributed by atoms with van der Waals surface area (Å²) < 4.78 is 12.9. The van der Waals surface area contributed by atoms with Crippen molar-refractivity contribution in [2.24, 2.45) is 0 Å². The summed E-state index contributed by atoms with van der Waals surface area (Å²) in [5, 5.41) is 9.42. The quantitative estimate of drug-likeness (QED) is 0.800. The molecule has 1 N–H and O–H groups in total. The largest absolute Gasteiger partial charge is 0.394 e. The summed E-state index contributed by atoms with van der Waals surface area (Å²) in [6.45, 7) is 3.50. The maximum absolute atomic E-state index is 12.9. The van der Waals surface area contributed by atoms with E-state index in [9.17, 15) is 19.1 Å². The van der Waals surface area contributed by atoms with E-state index in [0.717, 1.165) is 5.56 Å². The number of Topliss-reactive ketones (excluding diaryl/α,β-unsaturated/α-hetero) is 1. The van der Waals surface area contributed by atoms with Gasteiger partial charge in [0.2, 0.25) is 5.91 Å². The molecule has 116 valence electrons. The van der Waals surface area contributed by atoms with Gasteiger partial charge in [-0.1, -0.05) is 19.1 Å². The molecule has 0 heterocycles. The molecule has 1 unspecified atom stereocenters. The van der Waals surface area contributed by atoms with Gasteiger partial charge in [0.25, 0.3) is 0 Å². The van der Waals surface area contributed by atoms with Crippen LogP contribution in [0.1, 0.15) is 38.7 Å². The number of hydrogen-bond donors (Lipinski definition) is 1. The summed E-state index contributed by atoms with van der Waals surface area (Å²) in [7, 11) is 0. The SMILES string of the molecule is CCC(CO)N(Cc1ccc(F)cc1)C(=O)CCC(C)=O. The Hall–Kier alpha value is -1.75. The minimum atomic E-state index is -0.331. The van der Waals surface area contributed by atoms with Gasteiger partial charge in [-0.2, -0.15) is 0 Å². The molecule has 0 fully saturated rings. The van der Waals surface area contributed by atoms with Crippen LogP contribution in [0.2, 0.25) is 0 Å². The molecule has 1 amide bonds. The number of aliphatic hydroxyl groups is 1. The standard InChI is InChI=1S/C16H22FNO3/c1-3-15(11-19)18(16(21)9-4-12(2)20)10-13-5-7-14(17)8-6-13/h5-8,15,19H,3-4,9-11H2,1-2H3. The van der Waals surface area contributed by atoms with Gasteiger partial charge in [0.1, 0.15) is 11.6 Å². The number of aliphatic hydroxyl groups excluding tert-OH is 1. The molecule has 0 radical (unpaired) electrons. The van der Waals surface area contributed by atoms with Gasteiger partial charge in [0.05, 0.1) is 12.6 Å². The van der Waals surface area contributed by atoms with E-state index in [1.165, 1.54) is 19.1 Å². The zero-order valence-corrected chi connectivity index (χ0v) is 12.5. The van der Waals surface area contributed by atoms with Gasteiger partial charge in [0.15, 0.2) is 0 Å². The number of halogens is 1. The van der Waals surface area contributed by atoms with Gasteiger partial charge in [-0.25, -0.2) is 4.39 Å². The van der Waals surface area contributed by atoms with Crippen LogP contribution >= 0.6 is 0 Å². The predicted octanol–water partition coefficient (Wildman–Crippen LogP) is 2.29. The predicted molar refractivity (Wildman–Crippen MR) is 78.0 cm³/mol. The topological polar surface area (TPSA) is 57.6 Å². The number of amides is 1. The molecule has 0 saturated carbocycles. The van der Waals surface area contributed by atoms with Crippen LogP contribution in [0.4, 0.5) is 4.39 Å². The van der Waals surface area contributed by atoms with Crippen LogP contribution in [0, 0.1) is 5.82 Å². The van der Waals surface area contributed by atoms with Crippen molar-refractivity contribution in [1.29, 1.82) is 0 Å².